The van der Waals surface area contributed by atoms with Crippen LogP contribution in [0.25, 0.3) is 5.65 Å². The van der Waals surface area contributed by atoms with Crippen molar-refractivity contribution < 1.29 is 9.90 Å². The number of amides is 1. The fourth-order valence-corrected chi connectivity index (χ4v) is 3.17. The summed E-state index contributed by atoms with van der Waals surface area (Å²) in [6.07, 6.45) is 1.83. The van der Waals surface area contributed by atoms with Gasteiger partial charge in [0, 0.05) is 16.4 Å². The van der Waals surface area contributed by atoms with E-state index in [0.717, 1.165) is 21.2 Å². The molecule has 3 rings (SSSR count). The minimum Gasteiger partial charge on any atom is -0.508 e. The number of anilines is 1. The van der Waals surface area contributed by atoms with Gasteiger partial charge < -0.3 is 10.4 Å². The second kappa shape index (κ2) is 5.70. The van der Waals surface area contributed by atoms with Gasteiger partial charge in [-0.1, -0.05) is 0 Å². The third-order valence-electron chi connectivity index (χ3n) is 3.72. The van der Waals surface area contributed by atoms with E-state index in [4.69, 9.17) is 0 Å². The molecule has 0 bridgehead atoms. The van der Waals surface area contributed by atoms with Gasteiger partial charge in [0.2, 0.25) is 0 Å². The van der Waals surface area contributed by atoms with E-state index in [1.165, 1.54) is 0 Å². The third kappa shape index (κ3) is 2.82. The molecule has 0 saturated carbocycles. The molecule has 2 heterocycles. The molecule has 3 aromatic rings. The molecule has 118 valence electrons. The second-order valence-corrected chi connectivity index (χ2v) is 6.45. The number of carbonyl (C=O) groups is 1. The topological polar surface area (TPSA) is 66.6 Å². The average Bonchev–Trinajstić information content (AvgIpc) is 2.78. The number of aromatic nitrogens is 2. The second-order valence-electron chi connectivity index (χ2n) is 5.53. The van der Waals surface area contributed by atoms with Crippen molar-refractivity contribution in [1.82, 2.24) is 9.38 Å². The van der Waals surface area contributed by atoms with Crippen molar-refractivity contribution in [1.29, 1.82) is 0 Å². The Morgan fingerprint density at radius 3 is 2.65 bits per heavy atom. The van der Waals surface area contributed by atoms with Crippen molar-refractivity contribution in [2.45, 2.75) is 20.8 Å². The zero-order chi connectivity index (χ0) is 16.7. The quantitative estimate of drug-likeness (QED) is 0.667. The number of nitrogens with zero attached hydrogens (tertiary/aromatic N) is 2. The summed E-state index contributed by atoms with van der Waals surface area (Å²) in [6.45, 7) is 5.61. The van der Waals surface area contributed by atoms with Crippen LogP contribution < -0.4 is 5.32 Å². The number of pyridine rings is 1. The van der Waals surface area contributed by atoms with Gasteiger partial charge in [0.15, 0.2) is 0 Å². The Morgan fingerprint density at radius 2 is 1.96 bits per heavy atom. The van der Waals surface area contributed by atoms with E-state index < -0.39 is 0 Å². The molecule has 0 aliphatic carbocycles. The first-order valence-corrected chi connectivity index (χ1v) is 7.92. The Bertz CT molecular complexity index is 931. The van der Waals surface area contributed by atoms with E-state index in [9.17, 15) is 9.90 Å². The van der Waals surface area contributed by atoms with Gasteiger partial charge in [0.25, 0.3) is 5.91 Å². The molecule has 0 aliphatic rings. The van der Waals surface area contributed by atoms with Gasteiger partial charge in [0.05, 0.1) is 5.69 Å². The highest BCUT2D eigenvalue weighted by Crippen LogP contribution is 2.23. The van der Waals surface area contributed by atoms with Crippen molar-refractivity contribution in [3.8, 4) is 5.75 Å². The molecular formula is C17H16BrN3O2. The number of halogens is 1. The molecule has 0 unspecified atom stereocenters. The first-order valence-electron chi connectivity index (χ1n) is 7.12. The van der Waals surface area contributed by atoms with E-state index in [-0.39, 0.29) is 11.7 Å². The standard InChI is InChI=1S/C17H16BrN3O2/c1-9-7-13(22)4-5-14(9)20-17(23)15-11(3)19-16-10(2)6-12(18)8-21(15)16/h4-8,22H,1-3H3,(H,20,23). The lowest BCUT2D eigenvalue weighted by molar-refractivity contribution is 0.102. The summed E-state index contributed by atoms with van der Waals surface area (Å²) in [5.74, 6) is -0.0627. The summed E-state index contributed by atoms with van der Waals surface area (Å²) in [4.78, 5) is 17.2. The molecular weight excluding hydrogens is 358 g/mol. The number of aromatic hydroxyl groups is 1. The number of imidazole rings is 1. The van der Waals surface area contributed by atoms with Gasteiger partial charge in [-0.2, -0.15) is 0 Å². The van der Waals surface area contributed by atoms with Gasteiger partial charge in [-0.3, -0.25) is 9.20 Å². The van der Waals surface area contributed by atoms with E-state index >= 15 is 0 Å². The molecule has 5 nitrogen and oxygen atoms in total. The molecule has 0 fully saturated rings. The van der Waals surface area contributed by atoms with Gasteiger partial charge in [-0.25, -0.2) is 4.98 Å². The molecule has 0 atom stereocenters. The molecule has 0 radical (unpaired) electrons. The zero-order valence-corrected chi connectivity index (χ0v) is 14.6. The predicted molar refractivity (Wildman–Crippen MR) is 93.2 cm³/mol. The lowest BCUT2D eigenvalue weighted by Crippen LogP contribution is -2.16. The molecule has 6 heteroatoms. The van der Waals surface area contributed by atoms with Gasteiger partial charge in [-0.05, 0) is 72.1 Å². The maximum atomic E-state index is 12.7. The van der Waals surface area contributed by atoms with Crippen LogP contribution in [0.5, 0.6) is 5.75 Å². The van der Waals surface area contributed by atoms with Crippen molar-refractivity contribution in [3.63, 3.8) is 0 Å². The van der Waals surface area contributed by atoms with Crippen molar-refractivity contribution in [2.75, 3.05) is 5.32 Å². The average molecular weight is 374 g/mol. The van der Waals surface area contributed by atoms with E-state index in [1.807, 2.05) is 33.0 Å². The Kier molecular flexibility index (Phi) is 3.85. The van der Waals surface area contributed by atoms with Gasteiger partial charge >= 0.3 is 0 Å². The monoisotopic (exact) mass is 373 g/mol. The summed E-state index contributed by atoms with van der Waals surface area (Å²) in [5.41, 5.74) is 4.37. The smallest absolute Gasteiger partial charge is 0.274 e. The molecule has 1 aromatic carbocycles. The fourth-order valence-electron chi connectivity index (χ4n) is 2.63. The Labute approximate surface area is 142 Å². The molecule has 0 aliphatic heterocycles. The number of carbonyl (C=O) groups excluding carboxylic acids is 1. The van der Waals surface area contributed by atoms with Crippen molar-refractivity contribution in [2.24, 2.45) is 0 Å². The maximum Gasteiger partial charge on any atom is 0.274 e. The zero-order valence-electron chi connectivity index (χ0n) is 13.0. The lowest BCUT2D eigenvalue weighted by atomic mass is 10.2. The highest BCUT2D eigenvalue weighted by molar-refractivity contribution is 9.10. The summed E-state index contributed by atoms with van der Waals surface area (Å²) in [7, 11) is 0. The highest BCUT2D eigenvalue weighted by Gasteiger charge is 2.18. The number of hydrogen-bond acceptors (Lipinski definition) is 3. The summed E-state index contributed by atoms with van der Waals surface area (Å²) < 4.78 is 2.68. The minimum atomic E-state index is -0.235. The maximum absolute atomic E-state index is 12.7. The number of hydrogen-bond donors (Lipinski definition) is 2. The number of rotatable bonds is 2. The number of fused-ring (bicyclic) bond motifs is 1. The number of phenols is 1. The fraction of sp³-hybridized carbons (Fsp3) is 0.176. The largest absolute Gasteiger partial charge is 0.508 e. The van der Waals surface area contributed by atoms with Crippen LogP contribution in [0.2, 0.25) is 0 Å². The first-order chi connectivity index (χ1) is 10.9. The normalized spacial score (nSPS) is 11.0. The van der Waals surface area contributed by atoms with Crippen molar-refractivity contribution >= 4 is 33.2 Å². The number of benzene rings is 1. The highest BCUT2D eigenvalue weighted by atomic mass is 79.9. The molecule has 23 heavy (non-hydrogen) atoms. The molecule has 2 N–H and O–H groups in total. The van der Waals surface area contributed by atoms with Crippen LogP contribution in [0.3, 0.4) is 0 Å². The number of nitrogens with one attached hydrogen (secondary N) is 1. The minimum absolute atomic E-state index is 0.172. The molecule has 0 saturated heterocycles. The van der Waals surface area contributed by atoms with Crippen LogP contribution in [0, 0.1) is 20.8 Å². The van der Waals surface area contributed by atoms with Gasteiger partial charge in [-0.15, -0.1) is 0 Å². The number of aryl methyl sites for hydroxylation is 3. The Morgan fingerprint density at radius 1 is 1.22 bits per heavy atom. The van der Waals surface area contributed by atoms with Gasteiger partial charge in [0.1, 0.15) is 17.1 Å². The van der Waals surface area contributed by atoms with Crippen LogP contribution in [0.1, 0.15) is 27.3 Å². The third-order valence-corrected chi connectivity index (χ3v) is 4.15. The van der Waals surface area contributed by atoms with E-state index in [2.05, 4.69) is 26.2 Å². The van der Waals surface area contributed by atoms with Crippen LogP contribution in [0.4, 0.5) is 5.69 Å². The van der Waals surface area contributed by atoms with E-state index in [0.29, 0.717) is 17.1 Å². The Hall–Kier alpha value is -2.34. The summed E-state index contributed by atoms with van der Waals surface area (Å²) in [6, 6.07) is 6.80. The van der Waals surface area contributed by atoms with Crippen molar-refractivity contribution in [3.05, 3.63) is 57.4 Å². The molecule has 2 aromatic heterocycles. The summed E-state index contributed by atoms with van der Waals surface area (Å²) in [5, 5.41) is 12.4. The van der Waals surface area contributed by atoms with Crippen LogP contribution in [-0.4, -0.2) is 20.4 Å². The van der Waals surface area contributed by atoms with Crippen LogP contribution >= 0.6 is 15.9 Å². The Balaban J connectivity index is 2.06. The van der Waals surface area contributed by atoms with E-state index in [1.54, 1.807) is 22.6 Å². The SMILES string of the molecule is Cc1cc(O)ccc1NC(=O)c1c(C)nc2c(C)cc(Br)cn12. The van der Waals surface area contributed by atoms with Crippen LogP contribution in [0.15, 0.2) is 34.9 Å². The van der Waals surface area contributed by atoms with Crippen LogP contribution in [-0.2, 0) is 0 Å². The first kappa shape index (κ1) is 15.6. The summed E-state index contributed by atoms with van der Waals surface area (Å²) >= 11 is 3.45. The predicted octanol–water partition coefficient (Wildman–Crippen LogP) is 3.98. The lowest BCUT2D eigenvalue weighted by Gasteiger charge is -2.09. The number of phenolic OH excluding ortho intramolecular Hbond substituents is 1. The molecule has 1 amide bonds. The molecule has 0 spiro atoms.